The van der Waals surface area contributed by atoms with Gasteiger partial charge in [-0.05, 0) is 11.6 Å². The number of alkyl halides is 3. The molecule has 0 aliphatic carbocycles. The number of hydrogen-bond acceptors (Lipinski definition) is 3. The third kappa shape index (κ3) is 4.70. The molecule has 1 unspecified atom stereocenters. The summed E-state index contributed by atoms with van der Waals surface area (Å²) in [5, 5.41) is 2.70. The number of halogens is 3. The first-order valence-electron chi connectivity index (χ1n) is 7.52. The van der Waals surface area contributed by atoms with Gasteiger partial charge in [-0.2, -0.15) is 13.2 Å². The molecule has 1 atom stereocenters. The summed E-state index contributed by atoms with van der Waals surface area (Å²) in [6, 6.07) is 4.80. The number of likely N-dealkylation sites (tertiary alicyclic amines) is 1. The molecular weight excluding hydrogens is 325 g/mol. The van der Waals surface area contributed by atoms with E-state index in [1.54, 1.807) is 0 Å². The van der Waals surface area contributed by atoms with Crippen molar-refractivity contribution in [2.75, 3.05) is 20.3 Å². The van der Waals surface area contributed by atoms with Crippen molar-refractivity contribution in [2.45, 2.75) is 31.6 Å². The van der Waals surface area contributed by atoms with Crippen LogP contribution in [0.1, 0.15) is 24.0 Å². The summed E-state index contributed by atoms with van der Waals surface area (Å²) < 4.78 is 43.8. The molecule has 24 heavy (non-hydrogen) atoms. The van der Waals surface area contributed by atoms with Crippen LogP contribution in [-0.4, -0.2) is 43.0 Å². The quantitative estimate of drug-likeness (QED) is 0.858. The summed E-state index contributed by atoms with van der Waals surface area (Å²) in [6.07, 6.45) is -4.20. The lowest BCUT2D eigenvalue weighted by atomic mass is 10.1. The Morgan fingerprint density at radius 3 is 2.75 bits per heavy atom. The highest BCUT2D eigenvalue weighted by Crippen LogP contribution is 2.32. The van der Waals surface area contributed by atoms with E-state index in [1.165, 1.54) is 30.2 Å². The lowest BCUT2D eigenvalue weighted by Gasteiger charge is -2.20. The predicted octanol–water partition coefficient (Wildman–Crippen LogP) is 1.96. The zero-order valence-electron chi connectivity index (χ0n) is 13.2. The number of ether oxygens (including phenoxy) is 1. The van der Waals surface area contributed by atoms with Crippen molar-refractivity contribution in [3.8, 4) is 0 Å². The Labute approximate surface area is 137 Å². The van der Waals surface area contributed by atoms with Crippen molar-refractivity contribution >= 4 is 11.8 Å². The van der Waals surface area contributed by atoms with Crippen LogP contribution in [0.15, 0.2) is 24.3 Å². The van der Waals surface area contributed by atoms with Gasteiger partial charge in [0.15, 0.2) is 0 Å². The lowest BCUT2D eigenvalue weighted by Crippen LogP contribution is -2.37. The summed E-state index contributed by atoms with van der Waals surface area (Å²) in [4.78, 5) is 25.0. The largest absolute Gasteiger partial charge is 0.416 e. The zero-order chi connectivity index (χ0) is 17.7. The molecule has 1 aliphatic rings. The molecule has 0 saturated carbocycles. The first-order valence-corrected chi connectivity index (χ1v) is 7.52. The molecule has 1 fully saturated rings. The molecule has 132 valence electrons. The van der Waals surface area contributed by atoms with Crippen LogP contribution < -0.4 is 5.32 Å². The fraction of sp³-hybridized carbons (Fsp3) is 0.500. The number of benzene rings is 1. The summed E-state index contributed by atoms with van der Waals surface area (Å²) >= 11 is 0. The molecule has 2 amide bonds. The van der Waals surface area contributed by atoms with E-state index in [4.69, 9.17) is 4.74 Å². The summed E-state index contributed by atoms with van der Waals surface area (Å²) in [5.74, 6) is -0.517. The monoisotopic (exact) mass is 344 g/mol. The molecule has 8 heteroatoms. The van der Waals surface area contributed by atoms with E-state index in [2.05, 4.69) is 5.32 Å². The summed E-state index contributed by atoms with van der Waals surface area (Å²) in [6.45, 7) is 0.345. The molecule has 1 aliphatic heterocycles. The highest BCUT2D eigenvalue weighted by Gasteiger charge is 2.35. The van der Waals surface area contributed by atoms with Gasteiger partial charge in [-0.3, -0.25) is 9.59 Å². The van der Waals surface area contributed by atoms with Crippen LogP contribution in [0, 0.1) is 0 Å². The zero-order valence-corrected chi connectivity index (χ0v) is 13.2. The van der Waals surface area contributed by atoms with E-state index in [9.17, 15) is 22.8 Å². The Hall–Kier alpha value is -2.09. The van der Waals surface area contributed by atoms with E-state index in [1.807, 2.05) is 0 Å². The van der Waals surface area contributed by atoms with Gasteiger partial charge in [0.2, 0.25) is 11.8 Å². The molecule has 0 radical (unpaired) electrons. The fourth-order valence-electron chi connectivity index (χ4n) is 2.66. The topological polar surface area (TPSA) is 58.6 Å². The van der Waals surface area contributed by atoms with E-state index < -0.39 is 11.7 Å². The number of hydrogen-bond donors (Lipinski definition) is 1. The van der Waals surface area contributed by atoms with Crippen molar-refractivity contribution in [3.05, 3.63) is 35.4 Å². The van der Waals surface area contributed by atoms with Crippen molar-refractivity contribution in [3.63, 3.8) is 0 Å². The second-order valence-corrected chi connectivity index (χ2v) is 5.64. The maximum Gasteiger partial charge on any atom is 0.416 e. The van der Waals surface area contributed by atoms with Gasteiger partial charge in [0, 0.05) is 33.0 Å². The third-order valence-electron chi connectivity index (χ3n) is 3.80. The minimum absolute atomic E-state index is 0.0460. The van der Waals surface area contributed by atoms with Crippen LogP contribution in [0.2, 0.25) is 0 Å². The van der Waals surface area contributed by atoms with Crippen LogP contribution >= 0.6 is 0 Å². The van der Waals surface area contributed by atoms with Gasteiger partial charge >= 0.3 is 6.18 Å². The van der Waals surface area contributed by atoms with Gasteiger partial charge in [-0.1, -0.05) is 18.2 Å². The molecule has 0 bridgehead atoms. The van der Waals surface area contributed by atoms with Crippen molar-refractivity contribution < 1.29 is 27.5 Å². The lowest BCUT2D eigenvalue weighted by molar-refractivity contribution is -0.139. The first kappa shape index (κ1) is 18.3. The number of rotatable bonds is 6. The number of nitrogens with zero attached hydrogens (tertiary/aromatic N) is 1. The molecule has 1 N–H and O–H groups in total. The second-order valence-electron chi connectivity index (χ2n) is 5.64. The highest BCUT2D eigenvalue weighted by atomic mass is 19.4. The Kier molecular flexibility index (Phi) is 5.82. The minimum atomic E-state index is -4.47. The van der Waals surface area contributed by atoms with Crippen molar-refractivity contribution in [1.82, 2.24) is 10.2 Å². The molecule has 5 nitrogen and oxygen atoms in total. The van der Waals surface area contributed by atoms with Gasteiger partial charge in [-0.15, -0.1) is 0 Å². The minimum Gasteiger partial charge on any atom is -0.384 e. The van der Waals surface area contributed by atoms with E-state index in [0.29, 0.717) is 0 Å². The molecule has 0 aromatic heterocycles. The van der Waals surface area contributed by atoms with Crippen LogP contribution in [0.5, 0.6) is 0 Å². The van der Waals surface area contributed by atoms with E-state index in [0.717, 1.165) is 6.07 Å². The van der Waals surface area contributed by atoms with Crippen LogP contribution in [0.4, 0.5) is 13.2 Å². The van der Waals surface area contributed by atoms with Crippen LogP contribution in [-0.2, 0) is 27.0 Å². The Morgan fingerprint density at radius 2 is 2.08 bits per heavy atom. The smallest absolute Gasteiger partial charge is 0.384 e. The van der Waals surface area contributed by atoms with Gasteiger partial charge in [0.25, 0.3) is 0 Å². The molecule has 0 spiro atoms. The van der Waals surface area contributed by atoms with Crippen molar-refractivity contribution in [1.29, 1.82) is 0 Å². The van der Waals surface area contributed by atoms with Crippen LogP contribution in [0.25, 0.3) is 0 Å². The summed E-state index contributed by atoms with van der Waals surface area (Å²) in [7, 11) is 1.48. The average Bonchev–Trinajstić information content (AvgIpc) is 2.84. The highest BCUT2D eigenvalue weighted by molar-refractivity contribution is 5.82. The number of amides is 2. The van der Waals surface area contributed by atoms with E-state index in [-0.39, 0.29) is 56.0 Å². The number of carbonyl (C=O) groups excluding carboxylic acids is 2. The van der Waals surface area contributed by atoms with Crippen molar-refractivity contribution in [2.24, 2.45) is 0 Å². The van der Waals surface area contributed by atoms with Gasteiger partial charge in [-0.25, -0.2) is 0 Å². The Balaban J connectivity index is 2.00. The number of carbonyl (C=O) groups is 2. The molecule has 1 aromatic carbocycles. The number of nitrogens with one attached hydrogen (secondary N) is 1. The second kappa shape index (κ2) is 7.65. The molecule has 1 saturated heterocycles. The predicted molar refractivity (Wildman–Crippen MR) is 79.9 cm³/mol. The van der Waals surface area contributed by atoms with Gasteiger partial charge < -0.3 is 15.0 Å². The summed E-state index contributed by atoms with van der Waals surface area (Å²) in [5.41, 5.74) is -0.699. The maximum atomic E-state index is 13.0. The van der Waals surface area contributed by atoms with Gasteiger partial charge in [0.1, 0.15) is 0 Å². The van der Waals surface area contributed by atoms with Crippen LogP contribution in [0.3, 0.4) is 0 Å². The molecular formula is C16H19F3N2O3. The average molecular weight is 344 g/mol. The molecule has 1 aromatic rings. The Bertz CT molecular complexity index is 604. The normalized spacial score (nSPS) is 18.1. The molecule has 1 heterocycles. The SMILES string of the molecule is COCCC(=O)NC1CC(=O)N(Cc2ccccc2C(F)(F)F)C1. The molecule has 2 rings (SSSR count). The third-order valence-corrected chi connectivity index (χ3v) is 3.80. The van der Waals surface area contributed by atoms with E-state index >= 15 is 0 Å². The first-order chi connectivity index (χ1) is 11.3. The number of methoxy groups -OCH3 is 1. The standard InChI is InChI=1S/C16H19F3N2O3/c1-24-7-6-14(22)20-12-8-15(23)21(10-12)9-11-4-2-3-5-13(11)16(17,18)19/h2-5,12H,6-10H2,1H3,(H,20,22). The Morgan fingerprint density at radius 1 is 1.38 bits per heavy atom. The fourth-order valence-corrected chi connectivity index (χ4v) is 2.66. The van der Waals surface area contributed by atoms with Gasteiger partial charge in [0.05, 0.1) is 18.2 Å². The maximum absolute atomic E-state index is 13.0.